The summed E-state index contributed by atoms with van der Waals surface area (Å²) >= 11 is 1.69. The molecule has 0 fully saturated rings. The summed E-state index contributed by atoms with van der Waals surface area (Å²) in [4.78, 5) is 4.42. The fraction of sp³-hybridized carbons (Fsp3) is 0.0714. The van der Waals surface area contributed by atoms with Gasteiger partial charge in [-0.3, -0.25) is 0 Å². The van der Waals surface area contributed by atoms with E-state index < -0.39 is 0 Å². The second-order valence-corrected chi connectivity index (χ2v) is 4.69. The first-order valence-corrected chi connectivity index (χ1v) is 6.12. The third-order valence-electron chi connectivity index (χ3n) is 2.84. The molecule has 0 aliphatic carbocycles. The summed E-state index contributed by atoms with van der Waals surface area (Å²) in [7, 11) is 0. The van der Waals surface area contributed by atoms with Crippen LogP contribution in [0.2, 0.25) is 0 Å². The van der Waals surface area contributed by atoms with Crippen LogP contribution in [0.3, 0.4) is 0 Å². The maximum atomic E-state index is 4.42. The minimum absolute atomic E-state index is 1.13. The lowest BCUT2D eigenvalue weighted by molar-refractivity contribution is 1.42. The third kappa shape index (κ3) is 1.42. The van der Waals surface area contributed by atoms with Crippen molar-refractivity contribution in [3.05, 3.63) is 53.5 Å². The highest BCUT2D eigenvalue weighted by molar-refractivity contribution is 7.16. The molecule has 2 heteroatoms. The maximum Gasteiger partial charge on any atom is 0.0847 e. The lowest BCUT2D eigenvalue weighted by atomic mass is 10.00. The van der Waals surface area contributed by atoms with Crippen molar-refractivity contribution >= 4 is 21.6 Å². The molecule has 0 amide bonds. The first-order chi connectivity index (χ1) is 7.86. The Balaban J connectivity index is 2.28. The average molecular weight is 225 g/mol. The summed E-state index contributed by atoms with van der Waals surface area (Å²) in [6, 6.07) is 14.8. The van der Waals surface area contributed by atoms with Crippen molar-refractivity contribution in [2.24, 2.45) is 0 Å². The van der Waals surface area contributed by atoms with Gasteiger partial charge in [0.05, 0.1) is 15.7 Å². The molecular weight excluding hydrogens is 214 g/mol. The zero-order chi connectivity index (χ0) is 11.0. The highest BCUT2D eigenvalue weighted by atomic mass is 32.1. The number of thiazole rings is 1. The van der Waals surface area contributed by atoms with Crippen LogP contribution in [0, 0.1) is 6.92 Å². The van der Waals surface area contributed by atoms with Crippen molar-refractivity contribution in [2.45, 2.75) is 6.92 Å². The lowest BCUT2D eigenvalue weighted by Crippen LogP contribution is -1.84. The molecule has 1 aromatic heterocycles. The van der Waals surface area contributed by atoms with Crippen molar-refractivity contribution in [3.8, 4) is 11.1 Å². The molecule has 2 aromatic carbocycles. The molecule has 16 heavy (non-hydrogen) atoms. The molecular formula is C14H11NS. The van der Waals surface area contributed by atoms with Crippen LogP contribution in [0.15, 0.2) is 48.0 Å². The second-order valence-electron chi connectivity index (χ2n) is 3.80. The molecule has 0 bridgehead atoms. The second kappa shape index (κ2) is 3.72. The standard InChI is InChI=1S/C14H11NS/c1-10-12(11-5-3-2-4-6-11)7-8-13-14(10)15-9-16-13/h2-9H,1H3. The number of benzene rings is 2. The van der Waals surface area contributed by atoms with Crippen LogP contribution in [0.5, 0.6) is 0 Å². The minimum atomic E-state index is 1.13. The Morgan fingerprint density at radius 2 is 1.81 bits per heavy atom. The fourth-order valence-electron chi connectivity index (χ4n) is 2.00. The van der Waals surface area contributed by atoms with Gasteiger partial charge in [-0.2, -0.15) is 0 Å². The molecule has 1 heterocycles. The van der Waals surface area contributed by atoms with E-state index in [1.807, 2.05) is 11.6 Å². The van der Waals surface area contributed by atoms with E-state index in [1.165, 1.54) is 21.4 Å². The molecule has 0 saturated heterocycles. The number of aromatic nitrogens is 1. The SMILES string of the molecule is Cc1c(-c2ccccc2)ccc2scnc12. The molecule has 3 rings (SSSR count). The molecule has 1 nitrogen and oxygen atoms in total. The largest absolute Gasteiger partial charge is 0.244 e. The maximum absolute atomic E-state index is 4.42. The van der Waals surface area contributed by atoms with Gasteiger partial charge in [-0.05, 0) is 29.7 Å². The van der Waals surface area contributed by atoms with Crippen molar-refractivity contribution in [1.82, 2.24) is 4.98 Å². The summed E-state index contributed by atoms with van der Waals surface area (Å²) in [5.74, 6) is 0. The molecule has 0 spiro atoms. The van der Waals surface area contributed by atoms with E-state index in [2.05, 4.69) is 48.3 Å². The Bertz CT molecular complexity index is 626. The Morgan fingerprint density at radius 3 is 2.62 bits per heavy atom. The van der Waals surface area contributed by atoms with Gasteiger partial charge in [0.2, 0.25) is 0 Å². The molecule has 0 unspecified atom stereocenters. The van der Waals surface area contributed by atoms with Gasteiger partial charge in [0.25, 0.3) is 0 Å². The first-order valence-electron chi connectivity index (χ1n) is 5.24. The van der Waals surface area contributed by atoms with E-state index in [4.69, 9.17) is 0 Å². The zero-order valence-corrected chi connectivity index (χ0v) is 9.79. The first kappa shape index (κ1) is 9.55. The predicted molar refractivity (Wildman–Crippen MR) is 69.8 cm³/mol. The van der Waals surface area contributed by atoms with Crippen LogP contribution in [-0.2, 0) is 0 Å². The fourth-order valence-corrected chi connectivity index (χ4v) is 2.73. The molecule has 0 atom stereocenters. The Morgan fingerprint density at radius 1 is 1.00 bits per heavy atom. The van der Waals surface area contributed by atoms with Crippen LogP contribution in [0.4, 0.5) is 0 Å². The number of fused-ring (bicyclic) bond motifs is 1. The van der Waals surface area contributed by atoms with Crippen molar-refractivity contribution in [3.63, 3.8) is 0 Å². The van der Waals surface area contributed by atoms with Gasteiger partial charge in [0, 0.05) is 0 Å². The highest BCUT2D eigenvalue weighted by Crippen LogP contribution is 2.30. The van der Waals surface area contributed by atoms with Crippen LogP contribution < -0.4 is 0 Å². The Labute approximate surface area is 98.4 Å². The Kier molecular flexibility index (Phi) is 2.22. The molecule has 0 aliphatic heterocycles. The molecule has 0 aliphatic rings. The number of aryl methyl sites for hydroxylation is 1. The smallest absolute Gasteiger partial charge is 0.0847 e. The monoisotopic (exact) mass is 225 g/mol. The van der Waals surface area contributed by atoms with Gasteiger partial charge in [0.15, 0.2) is 0 Å². The number of rotatable bonds is 1. The van der Waals surface area contributed by atoms with Gasteiger partial charge in [-0.25, -0.2) is 4.98 Å². The normalized spacial score (nSPS) is 10.8. The third-order valence-corrected chi connectivity index (χ3v) is 3.63. The van der Waals surface area contributed by atoms with Gasteiger partial charge in [0.1, 0.15) is 0 Å². The van der Waals surface area contributed by atoms with Gasteiger partial charge in [-0.1, -0.05) is 36.4 Å². The molecule has 0 radical (unpaired) electrons. The molecule has 0 N–H and O–H groups in total. The quantitative estimate of drug-likeness (QED) is 0.602. The number of nitrogens with zero attached hydrogens (tertiary/aromatic N) is 1. The van der Waals surface area contributed by atoms with E-state index in [0.29, 0.717) is 0 Å². The summed E-state index contributed by atoms with van der Waals surface area (Å²) in [6.07, 6.45) is 0. The van der Waals surface area contributed by atoms with Gasteiger partial charge in [-0.15, -0.1) is 11.3 Å². The minimum Gasteiger partial charge on any atom is -0.244 e. The van der Waals surface area contributed by atoms with E-state index in [-0.39, 0.29) is 0 Å². The van der Waals surface area contributed by atoms with Crippen molar-refractivity contribution in [2.75, 3.05) is 0 Å². The summed E-state index contributed by atoms with van der Waals surface area (Å²) in [5, 5.41) is 0. The molecule has 3 aromatic rings. The predicted octanol–water partition coefficient (Wildman–Crippen LogP) is 4.27. The van der Waals surface area contributed by atoms with Crippen LogP contribution >= 0.6 is 11.3 Å². The van der Waals surface area contributed by atoms with E-state index in [9.17, 15) is 0 Å². The number of hydrogen-bond acceptors (Lipinski definition) is 2. The van der Waals surface area contributed by atoms with E-state index in [0.717, 1.165) is 5.52 Å². The highest BCUT2D eigenvalue weighted by Gasteiger charge is 2.06. The zero-order valence-electron chi connectivity index (χ0n) is 8.97. The summed E-state index contributed by atoms with van der Waals surface area (Å²) in [5.41, 5.74) is 6.84. The van der Waals surface area contributed by atoms with Crippen LogP contribution in [0.1, 0.15) is 5.56 Å². The van der Waals surface area contributed by atoms with E-state index >= 15 is 0 Å². The topological polar surface area (TPSA) is 12.9 Å². The van der Waals surface area contributed by atoms with Crippen LogP contribution in [-0.4, -0.2) is 4.98 Å². The summed E-state index contributed by atoms with van der Waals surface area (Å²) < 4.78 is 1.26. The number of hydrogen-bond donors (Lipinski definition) is 0. The van der Waals surface area contributed by atoms with Gasteiger partial charge >= 0.3 is 0 Å². The lowest BCUT2D eigenvalue weighted by Gasteiger charge is -2.06. The van der Waals surface area contributed by atoms with Crippen LogP contribution in [0.25, 0.3) is 21.3 Å². The average Bonchev–Trinajstić information content (AvgIpc) is 2.80. The molecule has 78 valence electrons. The van der Waals surface area contributed by atoms with Crippen molar-refractivity contribution < 1.29 is 0 Å². The summed E-state index contributed by atoms with van der Waals surface area (Å²) in [6.45, 7) is 2.14. The Hall–Kier alpha value is -1.67. The van der Waals surface area contributed by atoms with E-state index in [1.54, 1.807) is 11.3 Å². The van der Waals surface area contributed by atoms with Crippen molar-refractivity contribution in [1.29, 1.82) is 0 Å². The molecule has 0 saturated carbocycles. The van der Waals surface area contributed by atoms with Gasteiger partial charge < -0.3 is 0 Å².